The molecule has 0 radical (unpaired) electrons. The van der Waals surface area contributed by atoms with Crippen LogP contribution in [0.25, 0.3) is 10.1 Å². The lowest BCUT2D eigenvalue weighted by Gasteiger charge is -2.08. The number of hydrogen-bond acceptors (Lipinski definition) is 5. The minimum absolute atomic E-state index is 0.781. The van der Waals surface area contributed by atoms with Crippen molar-refractivity contribution in [3.8, 4) is 0 Å². The third-order valence-corrected chi connectivity index (χ3v) is 6.02. The van der Waals surface area contributed by atoms with Gasteiger partial charge >= 0.3 is 0 Å². The van der Waals surface area contributed by atoms with Crippen molar-refractivity contribution in [1.29, 1.82) is 0 Å². The monoisotopic (exact) mass is 421 g/mol. The maximum atomic E-state index is 9.01. The fourth-order valence-electron chi connectivity index (χ4n) is 2.83. The molecule has 4 rings (SSSR count). The molecule has 1 aromatic carbocycles. The first-order chi connectivity index (χ1) is 10.8. The number of pyridine rings is 1. The summed E-state index contributed by atoms with van der Waals surface area (Å²) in [4.78, 5) is 4.18. The summed E-state index contributed by atoms with van der Waals surface area (Å²) < 4.78 is 2.41. The van der Waals surface area contributed by atoms with Gasteiger partial charge in [-0.05, 0) is 59.2 Å². The molecule has 2 aromatic heterocycles. The van der Waals surface area contributed by atoms with Gasteiger partial charge in [0.05, 0.1) is 19.0 Å². The van der Waals surface area contributed by atoms with Crippen molar-refractivity contribution < 1.29 is 5.21 Å². The minimum Gasteiger partial charge on any atom is -0.411 e. The molecule has 110 valence electrons. The number of rotatable bonds is 2. The molecule has 0 saturated heterocycles. The van der Waals surface area contributed by atoms with E-state index >= 15 is 0 Å². The number of oxime groups is 1. The standard InChI is InChI=1S/C16H12IN3OS/c17-16-15(12-5-6-18-8-14(12)22-16)19-10-2-3-11-9(7-10)1-4-13(11)20-21/h2-3,5-8,19,21H,1,4H2/b20-13+. The second-order valence-electron chi connectivity index (χ2n) is 5.17. The van der Waals surface area contributed by atoms with E-state index in [2.05, 4.69) is 44.1 Å². The maximum absolute atomic E-state index is 9.01. The van der Waals surface area contributed by atoms with E-state index in [0.29, 0.717) is 0 Å². The zero-order chi connectivity index (χ0) is 15.1. The molecule has 0 bridgehead atoms. The Kier molecular flexibility index (Phi) is 3.50. The van der Waals surface area contributed by atoms with Crippen LogP contribution in [0.1, 0.15) is 17.5 Å². The van der Waals surface area contributed by atoms with E-state index in [-0.39, 0.29) is 0 Å². The van der Waals surface area contributed by atoms with E-state index in [1.54, 1.807) is 11.3 Å². The van der Waals surface area contributed by atoms with Gasteiger partial charge in [0.2, 0.25) is 0 Å². The summed E-state index contributed by atoms with van der Waals surface area (Å²) in [5.41, 5.74) is 5.27. The summed E-state index contributed by atoms with van der Waals surface area (Å²) in [5.74, 6) is 0. The second kappa shape index (κ2) is 5.51. The normalized spacial score (nSPS) is 15.4. The molecule has 4 nitrogen and oxygen atoms in total. The third kappa shape index (κ3) is 2.26. The summed E-state index contributed by atoms with van der Waals surface area (Å²) in [6, 6.07) is 8.26. The van der Waals surface area contributed by atoms with Gasteiger partial charge < -0.3 is 10.5 Å². The zero-order valence-corrected chi connectivity index (χ0v) is 14.5. The van der Waals surface area contributed by atoms with Crippen LogP contribution in [0.15, 0.2) is 41.8 Å². The molecule has 0 aliphatic heterocycles. The topological polar surface area (TPSA) is 57.5 Å². The summed E-state index contributed by atoms with van der Waals surface area (Å²) in [5, 5.41) is 17.1. The van der Waals surface area contributed by atoms with Crippen molar-refractivity contribution in [3.05, 3.63) is 50.7 Å². The molecule has 0 saturated carbocycles. The summed E-state index contributed by atoms with van der Waals surface area (Å²) in [6.45, 7) is 0. The van der Waals surface area contributed by atoms with Crippen LogP contribution in [0, 0.1) is 2.88 Å². The number of fused-ring (bicyclic) bond motifs is 2. The van der Waals surface area contributed by atoms with Gasteiger partial charge in [-0.3, -0.25) is 4.98 Å². The Morgan fingerprint density at radius 3 is 3.05 bits per heavy atom. The Balaban J connectivity index is 1.73. The number of thiophene rings is 1. The van der Waals surface area contributed by atoms with E-state index in [1.807, 2.05) is 30.6 Å². The SMILES string of the molecule is O/N=C1\CCc2cc(Nc3c(I)sc4cnccc34)ccc21. The molecule has 22 heavy (non-hydrogen) atoms. The zero-order valence-electron chi connectivity index (χ0n) is 11.5. The molecule has 1 aliphatic rings. The van der Waals surface area contributed by atoms with Crippen LogP contribution in [-0.4, -0.2) is 15.9 Å². The van der Waals surface area contributed by atoms with Gasteiger partial charge in [-0.2, -0.15) is 0 Å². The predicted molar refractivity (Wildman–Crippen MR) is 98.7 cm³/mol. The average molecular weight is 421 g/mol. The number of anilines is 2. The van der Waals surface area contributed by atoms with Gasteiger partial charge in [-0.1, -0.05) is 11.2 Å². The molecule has 0 amide bonds. The van der Waals surface area contributed by atoms with E-state index < -0.39 is 0 Å². The van der Waals surface area contributed by atoms with Gasteiger partial charge in [0.15, 0.2) is 0 Å². The quantitative estimate of drug-likeness (QED) is 0.356. The number of aryl methyl sites for hydroxylation is 1. The molecule has 0 unspecified atom stereocenters. The molecule has 3 aromatic rings. The van der Waals surface area contributed by atoms with E-state index in [9.17, 15) is 0 Å². The van der Waals surface area contributed by atoms with E-state index in [1.165, 1.54) is 18.5 Å². The number of halogens is 1. The molecule has 0 atom stereocenters. The van der Waals surface area contributed by atoms with Crippen LogP contribution in [0.2, 0.25) is 0 Å². The first-order valence-electron chi connectivity index (χ1n) is 6.89. The Morgan fingerprint density at radius 2 is 2.18 bits per heavy atom. The highest BCUT2D eigenvalue weighted by molar-refractivity contribution is 14.1. The predicted octanol–water partition coefficient (Wildman–Crippen LogP) is 4.77. The van der Waals surface area contributed by atoms with Crippen molar-refractivity contribution in [1.82, 2.24) is 4.98 Å². The third-order valence-electron chi connectivity index (χ3n) is 3.89. The lowest BCUT2D eigenvalue weighted by Crippen LogP contribution is -1.96. The fraction of sp³-hybridized carbons (Fsp3) is 0.125. The van der Waals surface area contributed by atoms with Crippen LogP contribution in [-0.2, 0) is 6.42 Å². The molecule has 2 N–H and O–H groups in total. The number of nitrogens with zero attached hydrogens (tertiary/aromatic N) is 2. The molecular weight excluding hydrogens is 409 g/mol. The van der Waals surface area contributed by atoms with Gasteiger partial charge in [-0.25, -0.2) is 0 Å². The van der Waals surface area contributed by atoms with Crippen LogP contribution >= 0.6 is 33.9 Å². The van der Waals surface area contributed by atoms with Gasteiger partial charge in [0, 0.05) is 29.0 Å². The molecular formula is C16H12IN3OS. The van der Waals surface area contributed by atoms with Gasteiger partial charge in [0.1, 0.15) is 0 Å². The molecule has 2 heterocycles. The highest BCUT2D eigenvalue weighted by Crippen LogP contribution is 2.38. The molecule has 1 aliphatic carbocycles. The van der Waals surface area contributed by atoms with Crippen LogP contribution in [0.5, 0.6) is 0 Å². The largest absolute Gasteiger partial charge is 0.411 e. The molecule has 0 fully saturated rings. The van der Waals surface area contributed by atoms with Crippen LogP contribution in [0.4, 0.5) is 11.4 Å². The Labute approximate surface area is 145 Å². The number of hydrogen-bond donors (Lipinski definition) is 2. The number of nitrogens with one attached hydrogen (secondary N) is 1. The van der Waals surface area contributed by atoms with Crippen LogP contribution < -0.4 is 5.32 Å². The lowest BCUT2D eigenvalue weighted by molar-refractivity contribution is 0.318. The Hall–Kier alpha value is -1.67. The summed E-state index contributed by atoms with van der Waals surface area (Å²) in [6.07, 6.45) is 5.46. The highest BCUT2D eigenvalue weighted by atomic mass is 127. The Bertz CT molecular complexity index is 904. The Morgan fingerprint density at radius 1 is 1.27 bits per heavy atom. The molecule has 6 heteroatoms. The van der Waals surface area contributed by atoms with Crippen molar-refractivity contribution in [2.75, 3.05) is 5.32 Å². The van der Waals surface area contributed by atoms with Crippen molar-refractivity contribution >= 4 is 61.1 Å². The van der Waals surface area contributed by atoms with Gasteiger partial charge in [0.25, 0.3) is 0 Å². The summed E-state index contributed by atoms with van der Waals surface area (Å²) in [7, 11) is 0. The lowest BCUT2D eigenvalue weighted by atomic mass is 10.1. The first kappa shape index (κ1) is 14.0. The van der Waals surface area contributed by atoms with Crippen LogP contribution in [0.3, 0.4) is 0 Å². The van der Waals surface area contributed by atoms with Gasteiger partial charge in [-0.15, -0.1) is 11.3 Å². The number of aromatic nitrogens is 1. The number of benzene rings is 1. The van der Waals surface area contributed by atoms with Crippen molar-refractivity contribution in [2.24, 2.45) is 5.16 Å². The van der Waals surface area contributed by atoms with E-state index in [4.69, 9.17) is 5.21 Å². The van der Waals surface area contributed by atoms with Crippen molar-refractivity contribution in [3.63, 3.8) is 0 Å². The molecule has 0 spiro atoms. The second-order valence-corrected chi connectivity index (χ2v) is 8.03. The highest BCUT2D eigenvalue weighted by Gasteiger charge is 2.19. The summed E-state index contributed by atoms with van der Waals surface area (Å²) >= 11 is 4.10. The minimum atomic E-state index is 0.781. The maximum Gasteiger partial charge on any atom is 0.0901 e. The fourth-order valence-corrected chi connectivity index (χ4v) is 4.82. The van der Waals surface area contributed by atoms with Crippen molar-refractivity contribution in [2.45, 2.75) is 12.8 Å². The average Bonchev–Trinajstić information content (AvgIpc) is 3.08. The van der Waals surface area contributed by atoms with E-state index in [0.717, 1.165) is 35.5 Å². The smallest absolute Gasteiger partial charge is 0.0901 e. The first-order valence-corrected chi connectivity index (χ1v) is 8.79.